The predicted octanol–water partition coefficient (Wildman–Crippen LogP) is 3.57. The van der Waals surface area contributed by atoms with E-state index in [0.717, 1.165) is 12.3 Å². The van der Waals surface area contributed by atoms with Crippen molar-refractivity contribution in [2.45, 2.75) is 20.4 Å². The minimum atomic E-state index is -1.09. The van der Waals surface area contributed by atoms with Crippen LogP contribution in [-0.4, -0.2) is 28.0 Å². The maximum atomic E-state index is 14.2. The van der Waals surface area contributed by atoms with E-state index in [0.29, 0.717) is 18.1 Å². The molecule has 1 amide bonds. The number of fused-ring (bicyclic) bond motifs is 2. The molecule has 174 valence electrons. The molecule has 0 spiro atoms. The topological polar surface area (TPSA) is 110 Å². The number of hydrogen-bond donors (Lipinski definition) is 2. The van der Waals surface area contributed by atoms with Crippen LogP contribution in [0.3, 0.4) is 0 Å². The van der Waals surface area contributed by atoms with E-state index in [1.54, 1.807) is 17.6 Å². The number of halogens is 2. The smallest absolute Gasteiger partial charge is 0.343 e. The Kier molecular flexibility index (Phi) is 5.97. The number of rotatable bonds is 5. The molecule has 4 aromatic rings. The molecule has 0 saturated heterocycles. The van der Waals surface area contributed by atoms with Crippen molar-refractivity contribution in [1.82, 2.24) is 9.55 Å². The van der Waals surface area contributed by atoms with E-state index in [1.807, 2.05) is 6.92 Å². The first kappa shape index (κ1) is 22.8. The minimum Gasteiger partial charge on any atom is -0.462 e. The number of aryl methyl sites for hydroxylation is 1. The lowest BCUT2D eigenvalue weighted by Gasteiger charge is -2.13. The van der Waals surface area contributed by atoms with Crippen LogP contribution in [0.5, 0.6) is 0 Å². The molecule has 4 rings (SSSR count). The number of aromatic amines is 1. The molecule has 10 heteroatoms. The van der Waals surface area contributed by atoms with E-state index < -0.39 is 45.3 Å². The first-order valence-corrected chi connectivity index (χ1v) is 10.4. The zero-order chi connectivity index (χ0) is 24.6. The highest BCUT2D eigenvalue weighted by molar-refractivity contribution is 6.06. The van der Waals surface area contributed by atoms with Crippen LogP contribution in [0.4, 0.5) is 14.5 Å². The summed E-state index contributed by atoms with van der Waals surface area (Å²) in [5.74, 6) is -3.58. The largest absolute Gasteiger partial charge is 0.462 e. The number of nitrogens with one attached hydrogen (secondary N) is 2. The minimum absolute atomic E-state index is 0.0867. The van der Waals surface area contributed by atoms with Crippen molar-refractivity contribution in [2.24, 2.45) is 0 Å². The summed E-state index contributed by atoms with van der Waals surface area (Å²) in [6.45, 7) is 4.03. The number of ether oxygens (including phenoxy) is 1. The Morgan fingerprint density at radius 2 is 1.82 bits per heavy atom. The molecule has 0 bridgehead atoms. The van der Waals surface area contributed by atoms with Crippen molar-refractivity contribution in [3.63, 3.8) is 0 Å². The number of hydrogen-bond acceptors (Lipinski definition) is 5. The quantitative estimate of drug-likeness (QED) is 0.436. The van der Waals surface area contributed by atoms with Gasteiger partial charge in [-0.1, -0.05) is 0 Å². The Morgan fingerprint density at radius 3 is 2.53 bits per heavy atom. The van der Waals surface area contributed by atoms with Crippen molar-refractivity contribution in [1.29, 1.82) is 0 Å². The first-order chi connectivity index (χ1) is 16.2. The summed E-state index contributed by atoms with van der Waals surface area (Å²) < 4.78 is 34.2. The van der Waals surface area contributed by atoms with Gasteiger partial charge in [0.2, 0.25) is 10.9 Å². The van der Waals surface area contributed by atoms with E-state index in [4.69, 9.17) is 4.74 Å². The van der Waals surface area contributed by atoms with Gasteiger partial charge in [0.25, 0.3) is 5.91 Å². The summed E-state index contributed by atoms with van der Waals surface area (Å²) in [5, 5.41) is 2.22. The van der Waals surface area contributed by atoms with Gasteiger partial charge in [-0.15, -0.1) is 0 Å². The third kappa shape index (κ3) is 3.94. The molecule has 0 saturated carbocycles. The molecule has 0 unspecified atom stereocenters. The molecule has 0 atom stereocenters. The SMILES string of the molecule is CCOC(=O)c1cn(CC)c2ccc(NC(=O)c3c[nH]c4cc(F)cc(F)c4c3=O)cc2c1=O. The van der Waals surface area contributed by atoms with E-state index in [1.165, 1.54) is 18.3 Å². The third-order valence-corrected chi connectivity index (χ3v) is 5.32. The molecular formula is C24H19F2N3O5. The van der Waals surface area contributed by atoms with Crippen molar-refractivity contribution in [2.75, 3.05) is 11.9 Å². The molecule has 8 nitrogen and oxygen atoms in total. The van der Waals surface area contributed by atoms with Gasteiger partial charge in [-0.25, -0.2) is 13.6 Å². The highest BCUT2D eigenvalue weighted by Crippen LogP contribution is 2.20. The number of carbonyl (C=O) groups excluding carboxylic acids is 2. The molecule has 2 heterocycles. The van der Waals surface area contributed by atoms with Gasteiger partial charge in [0.1, 0.15) is 22.8 Å². The van der Waals surface area contributed by atoms with Crippen molar-refractivity contribution in [3.8, 4) is 0 Å². The second-order valence-electron chi connectivity index (χ2n) is 7.41. The number of aromatic nitrogens is 2. The van der Waals surface area contributed by atoms with E-state index in [2.05, 4.69) is 10.3 Å². The number of carbonyl (C=O) groups is 2. The van der Waals surface area contributed by atoms with Crippen molar-refractivity contribution < 1.29 is 23.1 Å². The first-order valence-electron chi connectivity index (χ1n) is 10.4. The fourth-order valence-electron chi connectivity index (χ4n) is 3.73. The molecular weight excluding hydrogens is 448 g/mol. The lowest BCUT2D eigenvalue weighted by atomic mass is 10.1. The number of amides is 1. The van der Waals surface area contributed by atoms with Gasteiger partial charge in [0, 0.05) is 36.1 Å². The van der Waals surface area contributed by atoms with E-state index in [-0.39, 0.29) is 28.8 Å². The average Bonchev–Trinajstić information content (AvgIpc) is 2.79. The number of anilines is 1. The second kappa shape index (κ2) is 8.89. The number of benzene rings is 2. The Balaban J connectivity index is 1.76. The lowest BCUT2D eigenvalue weighted by molar-refractivity contribution is 0.0524. The maximum Gasteiger partial charge on any atom is 0.343 e. The molecule has 2 aromatic carbocycles. The molecule has 0 aliphatic carbocycles. The highest BCUT2D eigenvalue weighted by Gasteiger charge is 2.19. The van der Waals surface area contributed by atoms with Crippen LogP contribution in [-0.2, 0) is 11.3 Å². The maximum absolute atomic E-state index is 14.2. The number of esters is 1. The van der Waals surface area contributed by atoms with Gasteiger partial charge in [-0.3, -0.25) is 14.4 Å². The monoisotopic (exact) mass is 467 g/mol. The fraction of sp³-hybridized carbons (Fsp3) is 0.167. The summed E-state index contributed by atoms with van der Waals surface area (Å²) in [4.78, 5) is 53.2. The summed E-state index contributed by atoms with van der Waals surface area (Å²) in [7, 11) is 0. The Labute approximate surface area is 190 Å². The van der Waals surface area contributed by atoms with Crippen LogP contribution >= 0.6 is 0 Å². The Bertz CT molecular complexity index is 1590. The zero-order valence-electron chi connectivity index (χ0n) is 18.2. The van der Waals surface area contributed by atoms with E-state index >= 15 is 0 Å². The van der Waals surface area contributed by atoms with Gasteiger partial charge in [0.05, 0.1) is 23.0 Å². The number of pyridine rings is 2. The molecule has 2 N–H and O–H groups in total. The molecule has 0 aliphatic rings. The summed E-state index contributed by atoms with van der Waals surface area (Å²) in [6.07, 6.45) is 2.48. The van der Waals surface area contributed by atoms with Crippen molar-refractivity contribution in [3.05, 3.63) is 85.9 Å². The molecule has 34 heavy (non-hydrogen) atoms. The van der Waals surface area contributed by atoms with Crippen LogP contribution in [0.15, 0.2) is 52.3 Å². The van der Waals surface area contributed by atoms with Crippen LogP contribution in [0, 0.1) is 11.6 Å². The highest BCUT2D eigenvalue weighted by atomic mass is 19.1. The lowest BCUT2D eigenvalue weighted by Crippen LogP contribution is -2.23. The summed E-state index contributed by atoms with van der Waals surface area (Å²) in [6, 6.07) is 6.02. The van der Waals surface area contributed by atoms with Crippen LogP contribution < -0.4 is 16.2 Å². The van der Waals surface area contributed by atoms with Crippen LogP contribution in [0.1, 0.15) is 34.6 Å². The normalized spacial score (nSPS) is 11.1. The van der Waals surface area contributed by atoms with Crippen LogP contribution in [0.25, 0.3) is 21.8 Å². The molecule has 0 fully saturated rings. The number of H-pyrrole nitrogens is 1. The third-order valence-electron chi connectivity index (χ3n) is 5.32. The van der Waals surface area contributed by atoms with Gasteiger partial charge in [-0.2, -0.15) is 0 Å². The molecule has 0 aliphatic heterocycles. The second-order valence-corrected chi connectivity index (χ2v) is 7.41. The predicted molar refractivity (Wildman–Crippen MR) is 122 cm³/mol. The summed E-state index contributed by atoms with van der Waals surface area (Å²) >= 11 is 0. The van der Waals surface area contributed by atoms with Crippen LogP contribution in [0.2, 0.25) is 0 Å². The molecule has 0 radical (unpaired) electrons. The Morgan fingerprint density at radius 1 is 1.06 bits per heavy atom. The van der Waals surface area contributed by atoms with Gasteiger partial charge >= 0.3 is 5.97 Å². The van der Waals surface area contributed by atoms with Crippen molar-refractivity contribution >= 4 is 39.4 Å². The summed E-state index contributed by atoms with van der Waals surface area (Å²) in [5.41, 5.74) is -1.40. The Hall–Kier alpha value is -4.34. The number of nitrogens with zero attached hydrogens (tertiary/aromatic N) is 1. The fourth-order valence-corrected chi connectivity index (χ4v) is 3.73. The zero-order valence-corrected chi connectivity index (χ0v) is 18.2. The van der Waals surface area contributed by atoms with Gasteiger partial charge in [0.15, 0.2) is 0 Å². The molecule has 2 aromatic heterocycles. The van der Waals surface area contributed by atoms with E-state index in [9.17, 15) is 28.0 Å². The standard InChI is InChI=1S/C24H19F2N3O5/c1-3-29-11-16(24(33)34-4-2)21(30)14-9-13(5-6-19(14)29)28-23(32)15-10-27-18-8-12(25)7-17(26)20(18)22(15)31/h5-11H,3-4H2,1-2H3,(H,27,31)(H,28,32). The van der Waals surface area contributed by atoms with Gasteiger partial charge in [-0.05, 0) is 38.1 Å². The average molecular weight is 467 g/mol. The van der Waals surface area contributed by atoms with Gasteiger partial charge < -0.3 is 19.6 Å².